The number of aromatic amines is 1. The maximum Gasteiger partial charge on any atom is 0.291 e. The van der Waals surface area contributed by atoms with Crippen molar-refractivity contribution in [3.05, 3.63) is 41.2 Å². The lowest BCUT2D eigenvalue weighted by Gasteiger charge is -2.04. The molecule has 0 bridgehead atoms. The Balaban J connectivity index is 1.64. The summed E-state index contributed by atoms with van der Waals surface area (Å²) in [6.07, 6.45) is 3.62. The van der Waals surface area contributed by atoms with E-state index in [0.717, 1.165) is 18.5 Å². The fourth-order valence-electron chi connectivity index (χ4n) is 2.08. The molecule has 3 rings (SSSR count). The predicted molar refractivity (Wildman–Crippen MR) is 80.3 cm³/mol. The van der Waals surface area contributed by atoms with Gasteiger partial charge in [0.1, 0.15) is 0 Å². The van der Waals surface area contributed by atoms with Crippen molar-refractivity contribution in [2.75, 3.05) is 7.11 Å². The third-order valence-electron chi connectivity index (χ3n) is 3.47. The molecule has 1 aromatic heterocycles. The fourth-order valence-corrected chi connectivity index (χ4v) is 2.08. The van der Waals surface area contributed by atoms with Crippen molar-refractivity contribution in [3.63, 3.8) is 0 Å². The first-order valence-corrected chi connectivity index (χ1v) is 6.93. The molecule has 1 heterocycles. The van der Waals surface area contributed by atoms with E-state index >= 15 is 0 Å². The van der Waals surface area contributed by atoms with Crippen LogP contribution in [0, 0.1) is 0 Å². The molecule has 1 fully saturated rings. The zero-order valence-corrected chi connectivity index (χ0v) is 12.0. The number of carbonyl (C=O) groups is 1. The number of methoxy groups -OCH3 is 1. The summed E-state index contributed by atoms with van der Waals surface area (Å²) in [4.78, 5) is 11.9. The van der Waals surface area contributed by atoms with Gasteiger partial charge in [0.25, 0.3) is 5.91 Å². The number of para-hydroxylation sites is 1. The van der Waals surface area contributed by atoms with Crippen molar-refractivity contribution in [3.8, 4) is 11.5 Å². The van der Waals surface area contributed by atoms with E-state index in [1.807, 2.05) is 0 Å². The molecule has 1 aliphatic rings. The highest BCUT2D eigenvalue weighted by Gasteiger charge is 2.26. The number of carbonyl (C=O) groups excluding carboxylic acids is 1. The second-order valence-corrected chi connectivity index (χ2v) is 5.08. The first-order chi connectivity index (χ1) is 10.7. The average molecular weight is 300 g/mol. The van der Waals surface area contributed by atoms with Crippen LogP contribution in [0.25, 0.3) is 0 Å². The molecular formula is C15H16N4O3. The Kier molecular flexibility index (Phi) is 3.78. The van der Waals surface area contributed by atoms with Gasteiger partial charge in [0, 0.05) is 17.2 Å². The van der Waals surface area contributed by atoms with Gasteiger partial charge in [0.2, 0.25) is 0 Å². The van der Waals surface area contributed by atoms with E-state index in [4.69, 9.17) is 4.74 Å². The fraction of sp³-hybridized carbons (Fsp3) is 0.267. The molecule has 3 N–H and O–H groups in total. The van der Waals surface area contributed by atoms with Crippen LogP contribution >= 0.6 is 0 Å². The second kappa shape index (κ2) is 5.88. The van der Waals surface area contributed by atoms with Crippen LogP contribution in [-0.4, -0.2) is 34.5 Å². The lowest BCUT2D eigenvalue weighted by molar-refractivity contribution is 0.0950. The summed E-state index contributed by atoms with van der Waals surface area (Å²) < 4.78 is 5.00. The number of benzene rings is 1. The number of nitrogens with one attached hydrogen (secondary N) is 2. The summed E-state index contributed by atoms with van der Waals surface area (Å²) in [5, 5.41) is 20.6. The van der Waals surface area contributed by atoms with E-state index < -0.39 is 5.91 Å². The molecule has 1 saturated carbocycles. The lowest BCUT2D eigenvalue weighted by atomic mass is 10.2. The van der Waals surface area contributed by atoms with Gasteiger partial charge in [0.15, 0.2) is 17.2 Å². The van der Waals surface area contributed by atoms with Crippen molar-refractivity contribution in [2.24, 2.45) is 5.10 Å². The standard InChI is InChI=1S/C15H16N4O3/c1-22-13-4-2-3-10(14(13)20)8-16-19-15(21)12-7-11(17-18-12)9-5-6-9/h2-4,7-9,20H,5-6H2,1H3,(H,17,18)(H,19,21)/b16-8-. The summed E-state index contributed by atoms with van der Waals surface area (Å²) in [6, 6.07) is 6.75. The summed E-state index contributed by atoms with van der Waals surface area (Å²) in [7, 11) is 1.47. The van der Waals surface area contributed by atoms with Crippen molar-refractivity contribution < 1.29 is 14.6 Å². The molecule has 1 aromatic carbocycles. The number of H-pyrrole nitrogens is 1. The van der Waals surface area contributed by atoms with Crippen LogP contribution < -0.4 is 10.2 Å². The predicted octanol–water partition coefficient (Wildman–Crippen LogP) is 1.77. The van der Waals surface area contributed by atoms with Gasteiger partial charge in [-0.25, -0.2) is 5.43 Å². The van der Waals surface area contributed by atoms with E-state index in [2.05, 4.69) is 20.7 Å². The number of nitrogens with zero attached hydrogens (tertiary/aromatic N) is 2. The second-order valence-electron chi connectivity index (χ2n) is 5.08. The van der Waals surface area contributed by atoms with Crippen molar-refractivity contribution >= 4 is 12.1 Å². The summed E-state index contributed by atoms with van der Waals surface area (Å²) in [6.45, 7) is 0. The molecule has 1 amide bonds. The third-order valence-corrected chi connectivity index (χ3v) is 3.47. The van der Waals surface area contributed by atoms with E-state index in [-0.39, 0.29) is 5.75 Å². The van der Waals surface area contributed by atoms with Gasteiger partial charge in [-0.2, -0.15) is 10.2 Å². The van der Waals surface area contributed by atoms with Gasteiger partial charge in [0.05, 0.1) is 13.3 Å². The first-order valence-electron chi connectivity index (χ1n) is 6.93. The number of rotatable bonds is 5. The molecule has 0 saturated heterocycles. The van der Waals surface area contributed by atoms with Gasteiger partial charge < -0.3 is 9.84 Å². The van der Waals surface area contributed by atoms with E-state index in [1.165, 1.54) is 13.3 Å². The van der Waals surface area contributed by atoms with Crippen molar-refractivity contribution in [1.29, 1.82) is 0 Å². The van der Waals surface area contributed by atoms with Crippen LogP contribution in [0.15, 0.2) is 29.4 Å². The number of amides is 1. The quantitative estimate of drug-likeness (QED) is 0.578. The minimum Gasteiger partial charge on any atom is -0.504 e. The molecular weight excluding hydrogens is 284 g/mol. The molecule has 0 unspecified atom stereocenters. The monoisotopic (exact) mass is 300 g/mol. The van der Waals surface area contributed by atoms with Crippen LogP contribution in [0.5, 0.6) is 11.5 Å². The number of ether oxygens (including phenoxy) is 1. The highest BCUT2D eigenvalue weighted by molar-refractivity contribution is 5.93. The SMILES string of the molecule is COc1cccc(/C=N\NC(=O)c2cc(C3CC3)[nH]n2)c1O. The number of hydrogen-bond donors (Lipinski definition) is 3. The molecule has 7 nitrogen and oxygen atoms in total. The third kappa shape index (κ3) is 2.93. The van der Waals surface area contributed by atoms with Crippen LogP contribution in [0.2, 0.25) is 0 Å². The highest BCUT2D eigenvalue weighted by Crippen LogP contribution is 2.38. The first kappa shape index (κ1) is 14.1. The summed E-state index contributed by atoms with van der Waals surface area (Å²) in [5.74, 6) is 0.420. The maximum atomic E-state index is 11.9. The smallest absolute Gasteiger partial charge is 0.291 e. The van der Waals surface area contributed by atoms with Gasteiger partial charge in [-0.3, -0.25) is 9.89 Å². The van der Waals surface area contributed by atoms with Gasteiger partial charge in [-0.15, -0.1) is 0 Å². The molecule has 2 aromatic rings. The highest BCUT2D eigenvalue weighted by atomic mass is 16.5. The summed E-state index contributed by atoms with van der Waals surface area (Å²) >= 11 is 0. The normalized spacial score (nSPS) is 14.2. The lowest BCUT2D eigenvalue weighted by Crippen LogP contribution is -2.18. The largest absolute Gasteiger partial charge is 0.504 e. The van der Waals surface area contributed by atoms with Crippen LogP contribution in [-0.2, 0) is 0 Å². The van der Waals surface area contributed by atoms with E-state index in [0.29, 0.717) is 22.9 Å². The van der Waals surface area contributed by atoms with Crippen LogP contribution in [0.4, 0.5) is 0 Å². The number of phenolic OH excluding ortho intramolecular Hbond substituents is 1. The van der Waals surface area contributed by atoms with Crippen molar-refractivity contribution in [1.82, 2.24) is 15.6 Å². The average Bonchev–Trinajstić information content (AvgIpc) is 3.26. The number of aromatic nitrogens is 2. The number of hydrogen-bond acceptors (Lipinski definition) is 5. The minimum absolute atomic E-state index is 0.0289. The zero-order chi connectivity index (χ0) is 15.5. The number of hydrazone groups is 1. The Labute approximate surface area is 127 Å². The molecule has 0 aliphatic heterocycles. The summed E-state index contributed by atoms with van der Waals surface area (Å²) in [5.41, 5.74) is 4.11. The minimum atomic E-state index is -0.401. The molecule has 1 aliphatic carbocycles. The number of aromatic hydroxyl groups is 1. The van der Waals surface area contributed by atoms with E-state index in [9.17, 15) is 9.90 Å². The van der Waals surface area contributed by atoms with Crippen molar-refractivity contribution in [2.45, 2.75) is 18.8 Å². The Bertz CT molecular complexity index is 719. The molecule has 0 atom stereocenters. The molecule has 22 heavy (non-hydrogen) atoms. The molecule has 7 heteroatoms. The van der Waals surface area contributed by atoms with Gasteiger partial charge in [-0.1, -0.05) is 6.07 Å². The van der Waals surface area contributed by atoms with Crippen LogP contribution in [0.1, 0.15) is 40.5 Å². The van der Waals surface area contributed by atoms with Gasteiger partial charge >= 0.3 is 0 Å². The van der Waals surface area contributed by atoms with Gasteiger partial charge in [-0.05, 0) is 31.0 Å². The molecule has 0 spiro atoms. The Hall–Kier alpha value is -2.83. The van der Waals surface area contributed by atoms with Crippen LogP contribution in [0.3, 0.4) is 0 Å². The Morgan fingerprint density at radius 2 is 2.36 bits per heavy atom. The maximum absolute atomic E-state index is 11.9. The number of phenols is 1. The Morgan fingerprint density at radius 1 is 1.55 bits per heavy atom. The van der Waals surface area contributed by atoms with E-state index in [1.54, 1.807) is 24.3 Å². The molecule has 114 valence electrons. The topological polar surface area (TPSA) is 99.6 Å². The Morgan fingerprint density at radius 3 is 3.09 bits per heavy atom. The zero-order valence-electron chi connectivity index (χ0n) is 12.0. The molecule has 0 radical (unpaired) electrons.